The zero-order valence-electron chi connectivity index (χ0n) is 8.11. The van der Waals surface area contributed by atoms with Crippen LogP contribution in [0.25, 0.3) is 5.57 Å². The lowest BCUT2D eigenvalue weighted by Crippen LogP contribution is -2.09. The molecule has 0 radical (unpaired) electrons. The van der Waals surface area contributed by atoms with Crippen molar-refractivity contribution in [1.29, 1.82) is 0 Å². The van der Waals surface area contributed by atoms with Crippen molar-refractivity contribution in [2.75, 3.05) is 13.1 Å². The quantitative estimate of drug-likeness (QED) is 0.722. The molecule has 1 saturated heterocycles. The Hall–Kier alpha value is -1.15. The highest BCUT2D eigenvalue weighted by molar-refractivity contribution is 5.68. The standard InChI is InChI=1S/C12H14N2/c1-3-13-4-2-9(1)10-5-11-7-14-8-12(11)6-10/h1-5,11-12,14H,6-8H2. The first-order chi connectivity index (χ1) is 6.93. The minimum absolute atomic E-state index is 0.776. The van der Waals surface area contributed by atoms with Crippen molar-refractivity contribution in [1.82, 2.24) is 10.3 Å². The van der Waals surface area contributed by atoms with Gasteiger partial charge in [-0.1, -0.05) is 6.08 Å². The van der Waals surface area contributed by atoms with E-state index >= 15 is 0 Å². The maximum Gasteiger partial charge on any atom is 0.0273 e. The first kappa shape index (κ1) is 8.18. The fraction of sp³-hybridized carbons (Fsp3) is 0.417. The molecule has 3 rings (SSSR count). The number of hydrogen-bond donors (Lipinski definition) is 1. The molecule has 1 aromatic heterocycles. The third-order valence-electron chi connectivity index (χ3n) is 3.34. The number of fused-ring (bicyclic) bond motifs is 1. The van der Waals surface area contributed by atoms with Gasteiger partial charge in [0.25, 0.3) is 0 Å². The lowest BCUT2D eigenvalue weighted by atomic mass is 9.99. The molecular formula is C12H14N2. The lowest BCUT2D eigenvalue weighted by Gasteiger charge is -2.05. The number of pyridine rings is 1. The second-order valence-electron chi connectivity index (χ2n) is 4.21. The number of nitrogens with one attached hydrogen (secondary N) is 1. The summed E-state index contributed by atoms with van der Waals surface area (Å²) in [5, 5.41) is 3.44. The van der Waals surface area contributed by atoms with Crippen LogP contribution < -0.4 is 5.32 Å². The summed E-state index contributed by atoms with van der Waals surface area (Å²) >= 11 is 0. The second-order valence-corrected chi connectivity index (χ2v) is 4.21. The monoisotopic (exact) mass is 186 g/mol. The van der Waals surface area contributed by atoms with Crippen LogP contribution in [0.3, 0.4) is 0 Å². The molecule has 1 aromatic rings. The normalized spacial score (nSPS) is 30.1. The van der Waals surface area contributed by atoms with Crippen molar-refractivity contribution in [3.8, 4) is 0 Å². The van der Waals surface area contributed by atoms with Gasteiger partial charge in [0.2, 0.25) is 0 Å². The van der Waals surface area contributed by atoms with Crippen LogP contribution in [0.5, 0.6) is 0 Å². The van der Waals surface area contributed by atoms with Crippen LogP contribution in [0.2, 0.25) is 0 Å². The van der Waals surface area contributed by atoms with Gasteiger partial charge < -0.3 is 5.32 Å². The van der Waals surface area contributed by atoms with Gasteiger partial charge in [0.1, 0.15) is 0 Å². The maximum absolute atomic E-state index is 4.05. The van der Waals surface area contributed by atoms with Crippen LogP contribution >= 0.6 is 0 Å². The zero-order valence-corrected chi connectivity index (χ0v) is 8.11. The Morgan fingerprint density at radius 2 is 2.07 bits per heavy atom. The van der Waals surface area contributed by atoms with Crippen LogP contribution in [0.15, 0.2) is 30.6 Å². The SMILES string of the molecule is C1=C(c2ccncc2)CC2CNCC12. The Labute approximate surface area is 84.1 Å². The van der Waals surface area contributed by atoms with Crippen LogP contribution in [0.1, 0.15) is 12.0 Å². The highest BCUT2D eigenvalue weighted by Gasteiger charge is 2.31. The average molecular weight is 186 g/mol. The summed E-state index contributed by atoms with van der Waals surface area (Å²) in [4.78, 5) is 4.05. The summed E-state index contributed by atoms with van der Waals surface area (Å²) in [7, 11) is 0. The molecule has 2 atom stereocenters. The third-order valence-corrected chi connectivity index (χ3v) is 3.34. The first-order valence-electron chi connectivity index (χ1n) is 5.25. The molecule has 1 aliphatic carbocycles. The van der Waals surface area contributed by atoms with E-state index in [1.165, 1.54) is 30.6 Å². The van der Waals surface area contributed by atoms with E-state index in [0.29, 0.717) is 0 Å². The van der Waals surface area contributed by atoms with Crippen molar-refractivity contribution < 1.29 is 0 Å². The van der Waals surface area contributed by atoms with E-state index in [9.17, 15) is 0 Å². The van der Waals surface area contributed by atoms with E-state index < -0.39 is 0 Å². The number of aromatic nitrogens is 1. The molecule has 1 aliphatic heterocycles. The molecule has 0 bridgehead atoms. The smallest absolute Gasteiger partial charge is 0.0273 e. The van der Waals surface area contributed by atoms with E-state index in [2.05, 4.69) is 28.5 Å². The largest absolute Gasteiger partial charge is 0.316 e. The highest BCUT2D eigenvalue weighted by atomic mass is 14.9. The van der Waals surface area contributed by atoms with Gasteiger partial charge in [0.05, 0.1) is 0 Å². The van der Waals surface area contributed by atoms with Gasteiger partial charge in [0, 0.05) is 18.9 Å². The van der Waals surface area contributed by atoms with Gasteiger partial charge in [0.15, 0.2) is 0 Å². The fourth-order valence-corrected chi connectivity index (χ4v) is 2.56. The molecule has 2 heterocycles. The molecule has 0 amide bonds. The fourth-order valence-electron chi connectivity index (χ4n) is 2.56. The number of rotatable bonds is 1. The Bertz CT molecular complexity index is 356. The topological polar surface area (TPSA) is 24.9 Å². The molecule has 14 heavy (non-hydrogen) atoms. The number of nitrogens with zero attached hydrogens (tertiary/aromatic N) is 1. The summed E-state index contributed by atoms with van der Waals surface area (Å²) < 4.78 is 0. The molecule has 2 unspecified atom stereocenters. The Morgan fingerprint density at radius 3 is 2.86 bits per heavy atom. The summed E-state index contributed by atoms with van der Waals surface area (Å²) in [6, 6.07) is 4.22. The minimum atomic E-state index is 0.776. The maximum atomic E-state index is 4.05. The second kappa shape index (κ2) is 3.21. The molecule has 0 saturated carbocycles. The summed E-state index contributed by atoms with van der Waals surface area (Å²) in [6.07, 6.45) is 7.44. The van der Waals surface area contributed by atoms with E-state index in [4.69, 9.17) is 0 Å². The minimum Gasteiger partial charge on any atom is -0.316 e. The van der Waals surface area contributed by atoms with Gasteiger partial charge in [-0.3, -0.25) is 4.98 Å². The van der Waals surface area contributed by atoms with E-state index in [1.807, 2.05) is 12.4 Å². The van der Waals surface area contributed by atoms with Crippen molar-refractivity contribution in [2.24, 2.45) is 11.8 Å². The molecule has 0 aromatic carbocycles. The van der Waals surface area contributed by atoms with Crippen molar-refractivity contribution >= 4 is 5.57 Å². The van der Waals surface area contributed by atoms with E-state index in [-0.39, 0.29) is 0 Å². The summed E-state index contributed by atoms with van der Waals surface area (Å²) in [6.45, 7) is 2.36. The summed E-state index contributed by atoms with van der Waals surface area (Å²) in [5.74, 6) is 1.62. The van der Waals surface area contributed by atoms with Gasteiger partial charge in [-0.2, -0.15) is 0 Å². The summed E-state index contributed by atoms with van der Waals surface area (Å²) in [5.41, 5.74) is 2.87. The first-order valence-corrected chi connectivity index (χ1v) is 5.25. The lowest BCUT2D eigenvalue weighted by molar-refractivity contribution is 0.536. The Kier molecular flexibility index (Phi) is 1.88. The van der Waals surface area contributed by atoms with E-state index in [1.54, 1.807) is 0 Å². The van der Waals surface area contributed by atoms with Crippen LogP contribution in [0.4, 0.5) is 0 Å². The van der Waals surface area contributed by atoms with Crippen LogP contribution in [0, 0.1) is 11.8 Å². The van der Waals surface area contributed by atoms with Gasteiger partial charge in [-0.25, -0.2) is 0 Å². The zero-order chi connectivity index (χ0) is 9.38. The molecular weight excluding hydrogens is 172 g/mol. The van der Waals surface area contributed by atoms with Gasteiger partial charge in [-0.15, -0.1) is 0 Å². The Balaban J connectivity index is 1.88. The molecule has 0 spiro atoms. The molecule has 1 N–H and O–H groups in total. The average Bonchev–Trinajstić information content (AvgIpc) is 2.78. The third kappa shape index (κ3) is 1.26. The molecule has 2 aliphatic rings. The highest BCUT2D eigenvalue weighted by Crippen LogP contribution is 2.37. The molecule has 72 valence electrons. The van der Waals surface area contributed by atoms with Crippen LogP contribution in [-0.4, -0.2) is 18.1 Å². The van der Waals surface area contributed by atoms with Crippen molar-refractivity contribution in [3.63, 3.8) is 0 Å². The van der Waals surface area contributed by atoms with Gasteiger partial charge >= 0.3 is 0 Å². The molecule has 2 heteroatoms. The van der Waals surface area contributed by atoms with E-state index in [0.717, 1.165) is 11.8 Å². The van der Waals surface area contributed by atoms with Gasteiger partial charge in [-0.05, 0) is 48.1 Å². The van der Waals surface area contributed by atoms with Crippen molar-refractivity contribution in [2.45, 2.75) is 6.42 Å². The predicted molar refractivity (Wildman–Crippen MR) is 56.7 cm³/mol. The number of allylic oxidation sites excluding steroid dienone is 1. The number of hydrogen-bond acceptors (Lipinski definition) is 2. The van der Waals surface area contributed by atoms with Crippen molar-refractivity contribution in [3.05, 3.63) is 36.2 Å². The van der Waals surface area contributed by atoms with Crippen LogP contribution in [-0.2, 0) is 0 Å². The molecule has 1 fully saturated rings. The Morgan fingerprint density at radius 1 is 1.21 bits per heavy atom. The molecule has 2 nitrogen and oxygen atoms in total. The predicted octanol–water partition coefficient (Wildman–Crippen LogP) is 1.70.